The van der Waals surface area contributed by atoms with Crippen molar-refractivity contribution in [2.45, 2.75) is 44.5 Å². The van der Waals surface area contributed by atoms with Crippen LogP contribution in [0.3, 0.4) is 0 Å². The van der Waals surface area contributed by atoms with Gasteiger partial charge in [-0.15, -0.1) is 11.8 Å². The van der Waals surface area contributed by atoms with Gasteiger partial charge < -0.3 is 18.9 Å². The van der Waals surface area contributed by atoms with Crippen LogP contribution in [0.2, 0.25) is 0 Å². The van der Waals surface area contributed by atoms with Gasteiger partial charge in [-0.05, 0) is 24.3 Å². The Labute approximate surface area is 188 Å². The maximum Gasteiger partial charge on any atom is 0.303 e. The number of pyridine rings is 1. The second kappa shape index (κ2) is 10.4. The van der Waals surface area contributed by atoms with Crippen LogP contribution in [0.5, 0.6) is 5.75 Å². The van der Waals surface area contributed by atoms with Crippen molar-refractivity contribution in [2.75, 3.05) is 5.75 Å². The second-order valence-corrected chi connectivity index (χ2v) is 8.11. The molecule has 0 amide bonds. The van der Waals surface area contributed by atoms with Crippen molar-refractivity contribution in [3.63, 3.8) is 0 Å². The highest BCUT2D eigenvalue weighted by molar-refractivity contribution is 7.99. The standard InChI is InChI=1S/C22H22FNO7S/c1-12(25)28-18-11-32-22(21(30-14(3)27)20(18)29-13(2)26)31-16-7-4-6-15(10-16)19-17(23)8-5-9-24-19/h4-10,18,20-22H,11H2,1-3H3/t18-,20+,21-,22-/m1/s1. The van der Waals surface area contributed by atoms with E-state index in [9.17, 15) is 18.8 Å². The van der Waals surface area contributed by atoms with Gasteiger partial charge in [-0.3, -0.25) is 19.4 Å². The third kappa shape index (κ3) is 5.97. The summed E-state index contributed by atoms with van der Waals surface area (Å²) in [6.45, 7) is 3.66. The van der Waals surface area contributed by atoms with E-state index in [-0.39, 0.29) is 11.4 Å². The molecule has 1 fully saturated rings. The number of carbonyl (C=O) groups excluding carboxylic acids is 3. The maximum atomic E-state index is 14.1. The Kier molecular flexibility index (Phi) is 7.68. The molecule has 1 aliphatic rings. The number of rotatable bonds is 6. The summed E-state index contributed by atoms with van der Waals surface area (Å²) in [5, 5.41) is 0. The summed E-state index contributed by atoms with van der Waals surface area (Å²) in [5.41, 5.74) is -0.114. The fourth-order valence-corrected chi connectivity index (χ4v) is 4.48. The molecule has 4 atom stereocenters. The van der Waals surface area contributed by atoms with Crippen LogP contribution in [0.15, 0.2) is 42.6 Å². The average molecular weight is 463 g/mol. The minimum absolute atomic E-state index is 0.165. The Morgan fingerprint density at radius 2 is 1.66 bits per heavy atom. The van der Waals surface area contributed by atoms with Crippen LogP contribution in [0.25, 0.3) is 11.3 Å². The molecule has 2 aromatic rings. The lowest BCUT2D eigenvalue weighted by molar-refractivity contribution is -0.186. The Balaban J connectivity index is 1.88. The van der Waals surface area contributed by atoms with Crippen molar-refractivity contribution in [3.05, 3.63) is 48.4 Å². The van der Waals surface area contributed by atoms with Gasteiger partial charge in [-0.25, -0.2) is 4.39 Å². The van der Waals surface area contributed by atoms with Crippen molar-refractivity contribution in [3.8, 4) is 17.0 Å². The van der Waals surface area contributed by atoms with Crippen LogP contribution in [-0.4, -0.2) is 52.4 Å². The number of carbonyl (C=O) groups is 3. The minimum atomic E-state index is -1.05. The SMILES string of the molecule is CC(=O)O[C@@H]1[C@@H](OC(C)=O)[C@H](OC(C)=O)CS[C@H]1Oc1cccc(-c2ncccc2F)c1. The normalized spacial score (nSPS) is 22.5. The molecule has 0 aliphatic carbocycles. The zero-order valence-electron chi connectivity index (χ0n) is 17.6. The van der Waals surface area contributed by atoms with Gasteiger partial charge in [0, 0.05) is 38.3 Å². The van der Waals surface area contributed by atoms with E-state index in [0.29, 0.717) is 11.3 Å². The summed E-state index contributed by atoms with van der Waals surface area (Å²) in [7, 11) is 0. The van der Waals surface area contributed by atoms with E-state index in [4.69, 9.17) is 18.9 Å². The average Bonchev–Trinajstić information content (AvgIpc) is 2.72. The highest BCUT2D eigenvalue weighted by Gasteiger charge is 2.47. The molecule has 2 heterocycles. The number of esters is 3. The van der Waals surface area contributed by atoms with E-state index in [1.54, 1.807) is 24.3 Å². The Morgan fingerprint density at radius 3 is 2.31 bits per heavy atom. The smallest absolute Gasteiger partial charge is 0.303 e. The first-order valence-electron chi connectivity index (χ1n) is 9.75. The number of aromatic nitrogens is 1. The molecule has 8 nitrogen and oxygen atoms in total. The molecule has 3 rings (SSSR count). The fourth-order valence-electron chi connectivity index (χ4n) is 3.26. The zero-order chi connectivity index (χ0) is 23.3. The number of benzene rings is 1. The quantitative estimate of drug-likeness (QED) is 0.472. The van der Waals surface area contributed by atoms with Crippen LogP contribution >= 0.6 is 11.8 Å². The van der Waals surface area contributed by atoms with Crippen LogP contribution in [0.1, 0.15) is 20.8 Å². The van der Waals surface area contributed by atoms with Gasteiger partial charge >= 0.3 is 17.9 Å². The molecule has 1 aromatic heterocycles. The summed E-state index contributed by atoms with van der Waals surface area (Å²) >= 11 is 1.24. The predicted octanol–water partition coefficient (Wildman–Crippen LogP) is 3.13. The molecule has 32 heavy (non-hydrogen) atoms. The van der Waals surface area contributed by atoms with E-state index in [1.807, 2.05) is 0 Å². The molecule has 1 aromatic carbocycles. The number of hydrogen-bond acceptors (Lipinski definition) is 9. The lowest BCUT2D eigenvalue weighted by atomic mass is 10.1. The van der Waals surface area contributed by atoms with Crippen LogP contribution in [0, 0.1) is 5.82 Å². The topological polar surface area (TPSA) is 101 Å². The van der Waals surface area contributed by atoms with Crippen LogP contribution in [-0.2, 0) is 28.6 Å². The molecular weight excluding hydrogens is 441 g/mol. The number of nitrogens with zero attached hydrogens (tertiary/aromatic N) is 1. The van der Waals surface area contributed by atoms with Gasteiger partial charge in [-0.2, -0.15) is 0 Å². The summed E-state index contributed by atoms with van der Waals surface area (Å²) in [6, 6.07) is 9.44. The highest BCUT2D eigenvalue weighted by Crippen LogP contribution is 2.35. The lowest BCUT2D eigenvalue weighted by Gasteiger charge is -2.39. The second-order valence-electron chi connectivity index (χ2n) is 6.98. The highest BCUT2D eigenvalue weighted by atomic mass is 32.2. The van der Waals surface area contributed by atoms with E-state index in [0.717, 1.165) is 0 Å². The minimum Gasteiger partial charge on any atom is -0.476 e. The molecule has 1 aliphatic heterocycles. The van der Waals surface area contributed by atoms with Gasteiger partial charge in [0.1, 0.15) is 17.3 Å². The van der Waals surface area contributed by atoms with Gasteiger partial charge in [-0.1, -0.05) is 12.1 Å². The molecule has 1 saturated heterocycles. The first-order chi connectivity index (χ1) is 15.2. The summed E-state index contributed by atoms with van der Waals surface area (Å²) in [5.74, 6) is -1.66. The molecule has 0 unspecified atom stereocenters. The summed E-state index contributed by atoms with van der Waals surface area (Å²) in [4.78, 5) is 39.0. The maximum absolute atomic E-state index is 14.1. The molecule has 0 radical (unpaired) electrons. The first kappa shape index (κ1) is 23.5. The van der Waals surface area contributed by atoms with Gasteiger partial charge in [0.2, 0.25) is 0 Å². The molecule has 170 valence electrons. The third-order valence-electron chi connectivity index (χ3n) is 4.42. The lowest BCUT2D eigenvalue weighted by Crippen LogP contribution is -2.55. The van der Waals surface area contributed by atoms with Crippen molar-refractivity contribution in [2.24, 2.45) is 0 Å². The van der Waals surface area contributed by atoms with E-state index in [2.05, 4.69) is 4.98 Å². The Hall–Kier alpha value is -3.14. The number of halogens is 1. The molecule has 0 spiro atoms. The Morgan fingerprint density at radius 1 is 0.969 bits per heavy atom. The number of hydrogen-bond donors (Lipinski definition) is 0. The van der Waals surface area contributed by atoms with Gasteiger partial charge in [0.15, 0.2) is 23.7 Å². The fraction of sp³-hybridized carbons (Fsp3) is 0.364. The van der Waals surface area contributed by atoms with Crippen LogP contribution < -0.4 is 4.74 Å². The zero-order valence-corrected chi connectivity index (χ0v) is 18.5. The third-order valence-corrected chi connectivity index (χ3v) is 5.64. The summed E-state index contributed by atoms with van der Waals surface area (Å²) < 4.78 is 36.2. The first-order valence-corrected chi connectivity index (χ1v) is 10.8. The van der Waals surface area contributed by atoms with E-state index < -0.39 is 47.5 Å². The molecule has 0 bridgehead atoms. The van der Waals surface area contributed by atoms with Crippen LogP contribution in [0.4, 0.5) is 4.39 Å². The molecule has 0 saturated carbocycles. The largest absolute Gasteiger partial charge is 0.476 e. The molecule has 0 N–H and O–H groups in total. The molecule has 10 heteroatoms. The monoisotopic (exact) mass is 463 g/mol. The Bertz CT molecular complexity index is 1000. The van der Waals surface area contributed by atoms with Crippen molar-refractivity contribution in [1.82, 2.24) is 4.98 Å². The summed E-state index contributed by atoms with van der Waals surface area (Å²) in [6.07, 6.45) is -1.43. The molecular formula is C22H22FNO7S. The van der Waals surface area contributed by atoms with Gasteiger partial charge in [0.25, 0.3) is 0 Å². The van der Waals surface area contributed by atoms with E-state index in [1.165, 1.54) is 50.9 Å². The van der Waals surface area contributed by atoms with Crippen molar-refractivity contribution >= 4 is 29.7 Å². The number of ether oxygens (including phenoxy) is 4. The van der Waals surface area contributed by atoms with Crippen molar-refractivity contribution in [1.29, 1.82) is 0 Å². The van der Waals surface area contributed by atoms with Crippen molar-refractivity contribution < 1.29 is 37.7 Å². The predicted molar refractivity (Wildman–Crippen MR) is 113 cm³/mol. The number of thioether (sulfide) groups is 1. The van der Waals surface area contributed by atoms with Gasteiger partial charge in [0.05, 0.1) is 0 Å². The van der Waals surface area contributed by atoms with E-state index >= 15 is 0 Å².